The average molecular weight is 720 g/mol. The van der Waals surface area contributed by atoms with Crippen LogP contribution in [-0.4, -0.2) is 113 Å². The van der Waals surface area contributed by atoms with E-state index in [1.54, 1.807) is 6.92 Å². The molecule has 6 rings (SSSR count). The Labute approximate surface area is 305 Å². The number of amides is 2. The molecule has 0 N–H and O–H groups in total. The summed E-state index contributed by atoms with van der Waals surface area (Å²) in [5, 5.41) is 0. The number of hydrogen-bond donors (Lipinski definition) is 0. The molecule has 0 spiro atoms. The Morgan fingerprint density at radius 2 is 1.10 bits per heavy atom. The van der Waals surface area contributed by atoms with Gasteiger partial charge in [0.2, 0.25) is 0 Å². The number of ether oxygens (including phenoxy) is 4. The molecule has 51 heavy (non-hydrogen) atoms. The predicted octanol–water partition coefficient (Wildman–Crippen LogP) is 6.37. The lowest BCUT2D eigenvalue weighted by molar-refractivity contribution is -0.161. The van der Waals surface area contributed by atoms with Crippen molar-refractivity contribution >= 4 is 30.9 Å². The highest BCUT2D eigenvalue weighted by Gasteiger charge is 2.47. The van der Waals surface area contributed by atoms with E-state index in [4.69, 9.17) is 14.2 Å². The van der Waals surface area contributed by atoms with Crippen molar-refractivity contribution in [3.8, 4) is 0 Å². The Hall–Kier alpha value is -2.89. The largest absolute Gasteiger partial charge is 0.461 e. The lowest BCUT2D eigenvalue weighted by Crippen LogP contribution is -2.60. The van der Waals surface area contributed by atoms with Crippen molar-refractivity contribution in [2.75, 3.05) is 39.3 Å². The number of Topliss-reactive ketones (excluding diaryl/α,β-unsaturated/α-hetero) is 1. The molecule has 12 nitrogen and oxygen atoms in total. The van der Waals surface area contributed by atoms with Gasteiger partial charge >= 0.3 is 12.2 Å². The van der Waals surface area contributed by atoms with Crippen molar-refractivity contribution in [3.63, 3.8) is 0 Å². The van der Waals surface area contributed by atoms with Gasteiger partial charge in [-0.3, -0.25) is 19.3 Å². The SMILES string of the molecule is CC(C)(C)OC(=O)N1CC(C2CCCCC2)C1.CC(C)(C)OC(=O)N1CC([C@H]2CCCN(C3CC(C)(OC=O)C3)C2)C1.CC1(OC=O)CC(=O)C1. The summed E-state index contributed by atoms with van der Waals surface area (Å²) in [6, 6.07) is 0.537. The van der Waals surface area contributed by atoms with Crippen LogP contribution in [-0.2, 0) is 33.3 Å². The molecular weight excluding hydrogens is 654 g/mol. The second-order valence-electron chi connectivity index (χ2n) is 18.4. The average Bonchev–Trinajstić information content (AvgIpc) is 2.93. The van der Waals surface area contributed by atoms with E-state index in [1.807, 2.05) is 58.3 Å². The van der Waals surface area contributed by atoms with E-state index in [-0.39, 0.29) is 29.2 Å². The normalized spacial score (nSPS) is 28.4. The first-order valence-corrected chi connectivity index (χ1v) is 19.3. The molecule has 3 aliphatic heterocycles. The molecule has 3 heterocycles. The third-order valence-electron chi connectivity index (χ3n) is 11.3. The van der Waals surface area contributed by atoms with Crippen molar-refractivity contribution < 1.29 is 42.9 Å². The van der Waals surface area contributed by atoms with Gasteiger partial charge in [0.25, 0.3) is 12.9 Å². The zero-order valence-electron chi connectivity index (χ0n) is 32.6. The quantitative estimate of drug-likeness (QED) is 0.216. The molecule has 1 atom stereocenters. The van der Waals surface area contributed by atoms with Gasteiger partial charge < -0.3 is 28.7 Å². The lowest BCUT2D eigenvalue weighted by atomic mass is 9.74. The van der Waals surface area contributed by atoms with Crippen LogP contribution in [0.4, 0.5) is 9.59 Å². The smallest absolute Gasteiger partial charge is 0.410 e. The molecule has 0 aromatic carbocycles. The number of hydrogen-bond acceptors (Lipinski definition) is 10. The monoisotopic (exact) mass is 719 g/mol. The standard InChI is InChI=1S/C19H32N2O4.C14H25NO2.C6H8O3/c1-18(2,3)25-17(23)21-11-15(12-21)14-6-5-7-20(10-14)16-8-19(4,9-16)24-13-22;1-14(2,3)17-13(16)15-9-12(10-15)11-7-5-4-6-8-11;1-6(9-4-7)2-5(8)3-6/h13-16H,5-12H2,1-4H3;11-12H,4-10H2,1-3H3;4H,2-3H2,1H3/t14-,16?,19?;;/m0../s1. The van der Waals surface area contributed by atoms with E-state index in [1.165, 1.54) is 44.9 Å². The molecular formula is C39H65N3O9. The Kier molecular flexibility index (Phi) is 13.5. The fourth-order valence-corrected chi connectivity index (χ4v) is 8.32. The summed E-state index contributed by atoms with van der Waals surface area (Å²) in [6.45, 7) is 21.9. The molecule has 0 aromatic rings. The maximum atomic E-state index is 12.1. The van der Waals surface area contributed by atoms with E-state index in [2.05, 4.69) is 9.64 Å². The van der Waals surface area contributed by atoms with Crippen molar-refractivity contribution in [1.29, 1.82) is 0 Å². The molecule has 6 fully saturated rings. The van der Waals surface area contributed by atoms with Gasteiger partial charge in [-0.05, 0) is 98.4 Å². The van der Waals surface area contributed by atoms with E-state index >= 15 is 0 Å². The minimum Gasteiger partial charge on any atom is -0.461 e. The van der Waals surface area contributed by atoms with E-state index < -0.39 is 11.2 Å². The highest BCUT2D eigenvalue weighted by atomic mass is 16.6. The lowest BCUT2D eigenvalue weighted by Gasteiger charge is -2.52. The Balaban J connectivity index is 0.000000192. The van der Waals surface area contributed by atoms with Gasteiger partial charge in [-0.15, -0.1) is 0 Å². The Morgan fingerprint density at radius 3 is 1.55 bits per heavy atom. The number of piperidine rings is 1. The van der Waals surface area contributed by atoms with Gasteiger partial charge in [0.05, 0.1) is 0 Å². The zero-order chi connectivity index (χ0) is 37.6. The molecule has 2 amide bonds. The maximum Gasteiger partial charge on any atom is 0.410 e. The molecule has 3 aliphatic carbocycles. The van der Waals surface area contributed by atoms with Crippen LogP contribution in [0.3, 0.4) is 0 Å². The first-order chi connectivity index (χ1) is 23.8. The summed E-state index contributed by atoms with van der Waals surface area (Å²) in [5.41, 5.74) is -1.53. The highest BCUT2D eigenvalue weighted by Crippen LogP contribution is 2.41. The molecule has 6 aliphatic rings. The van der Waals surface area contributed by atoms with Crippen LogP contribution in [0.5, 0.6) is 0 Å². The summed E-state index contributed by atoms with van der Waals surface area (Å²) in [6.07, 6.45) is 11.7. The number of carbonyl (C=O) groups excluding carboxylic acids is 5. The third kappa shape index (κ3) is 12.1. The Bertz CT molecular complexity index is 1190. The molecule has 3 saturated heterocycles. The first-order valence-electron chi connectivity index (χ1n) is 19.3. The molecule has 12 heteroatoms. The van der Waals surface area contributed by atoms with Gasteiger partial charge in [0.15, 0.2) is 0 Å². The minimum absolute atomic E-state index is 0.135. The fourth-order valence-electron chi connectivity index (χ4n) is 8.32. The van der Waals surface area contributed by atoms with E-state index in [9.17, 15) is 24.0 Å². The van der Waals surface area contributed by atoms with Crippen LogP contribution in [0.25, 0.3) is 0 Å². The van der Waals surface area contributed by atoms with Crippen molar-refractivity contribution in [2.45, 2.75) is 154 Å². The Morgan fingerprint density at radius 1 is 0.647 bits per heavy atom. The molecule has 290 valence electrons. The number of likely N-dealkylation sites (tertiary alicyclic amines) is 3. The van der Waals surface area contributed by atoms with Crippen LogP contribution < -0.4 is 0 Å². The maximum absolute atomic E-state index is 12.1. The van der Waals surface area contributed by atoms with Crippen LogP contribution in [0, 0.1) is 23.7 Å². The van der Waals surface area contributed by atoms with E-state index in [0.29, 0.717) is 43.7 Å². The molecule has 0 unspecified atom stereocenters. The second kappa shape index (κ2) is 16.8. The number of carbonyl (C=O) groups is 5. The van der Waals surface area contributed by atoms with Crippen molar-refractivity contribution in [3.05, 3.63) is 0 Å². The topological polar surface area (TPSA) is 132 Å². The molecule has 3 saturated carbocycles. The van der Waals surface area contributed by atoms with Gasteiger partial charge in [0.1, 0.15) is 28.2 Å². The molecule has 0 aromatic heterocycles. The summed E-state index contributed by atoms with van der Waals surface area (Å²) in [5.74, 6) is 3.02. The van der Waals surface area contributed by atoms with Crippen LogP contribution in [0.15, 0.2) is 0 Å². The van der Waals surface area contributed by atoms with Gasteiger partial charge in [0, 0.05) is 64.4 Å². The summed E-state index contributed by atoms with van der Waals surface area (Å²) < 4.78 is 20.6. The minimum atomic E-state index is -0.473. The van der Waals surface area contributed by atoms with Crippen molar-refractivity contribution in [1.82, 2.24) is 14.7 Å². The van der Waals surface area contributed by atoms with Crippen molar-refractivity contribution in [2.24, 2.45) is 23.7 Å². The third-order valence-corrected chi connectivity index (χ3v) is 11.3. The van der Waals surface area contributed by atoms with Crippen LogP contribution >= 0.6 is 0 Å². The van der Waals surface area contributed by atoms with Crippen LogP contribution in [0.2, 0.25) is 0 Å². The van der Waals surface area contributed by atoms with Crippen LogP contribution in [0.1, 0.15) is 126 Å². The predicted molar refractivity (Wildman–Crippen MR) is 192 cm³/mol. The second-order valence-corrected chi connectivity index (χ2v) is 18.4. The van der Waals surface area contributed by atoms with Gasteiger partial charge in [-0.25, -0.2) is 9.59 Å². The number of ketones is 1. The summed E-state index contributed by atoms with van der Waals surface area (Å²) in [4.78, 5) is 60.9. The fraction of sp³-hybridized carbons (Fsp3) is 0.872. The first kappa shape index (κ1) is 40.9. The van der Waals surface area contributed by atoms with E-state index in [0.717, 1.165) is 63.9 Å². The molecule has 0 radical (unpaired) electrons. The number of rotatable bonds is 7. The summed E-state index contributed by atoms with van der Waals surface area (Å²) >= 11 is 0. The number of nitrogens with zero attached hydrogens (tertiary/aromatic N) is 3. The van der Waals surface area contributed by atoms with Gasteiger partial charge in [-0.2, -0.15) is 0 Å². The zero-order valence-corrected chi connectivity index (χ0v) is 32.6. The van der Waals surface area contributed by atoms with Gasteiger partial charge in [-0.1, -0.05) is 32.1 Å². The molecule has 0 bridgehead atoms. The highest BCUT2D eigenvalue weighted by molar-refractivity contribution is 5.87. The summed E-state index contributed by atoms with van der Waals surface area (Å²) in [7, 11) is 0.